The predicted octanol–water partition coefficient (Wildman–Crippen LogP) is 1.40. The van der Waals surface area contributed by atoms with Crippen molar-refractivity contribution in [3.63, 3.8) is 0 Å². The number of piperazine rings is 1. The Morgan fingerprint density at radius 2 is 1.89 bits per heavy atom. The highest BCUT2D eigenvalue weighted by atomic mass is 16.5. The molecule has 28 heavy (non-hydrogen) atoms. The lowest BCUT2D eigenvalue weighted by atomic mass is 10.1. The molecule has 0 aliphatic carbocycles. The molecule has 1 atom stereocenters. The topological polar surface area (TPSA) is 61.4 Å². The van der Waals surface area contributed by atoms with Gasteiger partial charge >= 0.3 is 0 Å². The molecule has 2 aliphatic rings. The molecule has 2 saturated heterocycles. The second-order valence-electron chi connectivity index (χ2n) is 7.83. The lowest BCUT2D eigenvalue weighted by Crippen LogP contribution is -2.46. The highest BCUT2D eigenvalue weighted by Gasteiger charge is 2.15. The molecule has 1 unspecified atom stereocenters. The highest BCUT2D eigenvalue weighted by Crippen LogP contribution is 2.12. The molecule has 164 valence electrons. The number of hydrogen-bond acceptors (Lipinski definition) is 5. The molecule has 2 fully saturated rings. The van der Waals surface area contributed by atoms with Crippen LogP contribution in [0.5, 0.6) is 0 Å². The minimum atomic E-state index is 0.595. The number of likely N-dealkylation sites (N-methyl/N-ethyl adjacent to an activating group) is 1. The summed E-state index contributed by atoms with van der Waals surface area (Å²) < 4.78 is 11.1. The molecule has 0 aromatic carbocycles. The van der Waals surface area contributed by atoms with Crippen molar-refractivity contribution in [1.29, 1.82) is 0 Å². The van der Waals surface area contributed by atoms with Gasteiger partial charge in [-0.2, -0.15) is 0 Å². The second kappa shape index (κ2) is 15.0. The monoisotopic (exact) mass is 397 g/mol. The maximum Gasteiger partial charge on any atom is 0.191 e. The van der Waals surface area contributed by atoms with E-state index >= 15 is 0 Å². The van der Waals surface area contributed by atoms with Crippen molar-refractivity contribution in [3.05, 3.63) is 0 Å². The average Bonchev–Trinajstić information content (AvgIpc) is 3.24. The molecule has 0 saturated carbocycles. The molecule has 0 aromatic rings. The van der Waals surface area contributed by atoms with Crippen molar-refractivity contribution in [1.82, 2.24) is 20.4 Å². The first-order chi connectivity index (χ1) is 13.8. The van der Waals surface area contributed by atoms with Gasteiger partial charge in [0.1, 0.15) is 0 Å². The molecular formula is C21H43N5O2. The zero-order chi connectivity index (χ0) is 19.9. The van der Waals surface area contributed by atoms with Crippen LogP contribution in [-0.4, -0.2) is 101 Å². The van der Waals surface area contributed by atoms with E-state index in [9.17, 15) is 0 Å². The molecule has 0 spiro atoms. The van der Waals surface area contributed by atoms with Crippen molar-refractivity contribution >= 4 is 5.96 Å². The quantitative estimate of drug-likeness (QED) is 0.278. The number of unbranched alkanes of at least 4 members (excludes halogenated alkanes) is 1. The summed E-state index contributed by atoms with van der Waals surface area (Å²) in [5, 5.41) is 6.80. The molecule has 2 rings (SSSR count). The highest BCUT2D eigenvalue weighted by molar-refractivity contribution is 5.79. The molecule has 2 N–H and O–H groups in total. The van der Waals surface area contributed by atoms with Crippen LogP contribution < -0.4 is 10.6 Å². The fourth-order valence-corrected chi connectivity index (χ4v) is 3.66. The van der Waals surface area contributed by atoms with Crippen LogP contribution in [0.4, 0.5) is 0 Å². The summed E-state index contributed by atoms with van der Waals surface area (Å²) in [5.41, 5.74) is 0. The molecule has 0 aromatic heterocycles. The van der Waals surface area contributed by atoms with Gasteiger partial charge in [-0.25, -0.2) is 0 Å². The molecule has 7 heteroatoms. The lowest BCUT2D eigenvalue weighted by molar-refractivity contribution is 0.0893. The molecular weight excluding hydrogens is 354 g/mol. The largest absolute Gasteiger partial charge is 0.381 e. The fraction of sp³-hybridized carbons (Fsp3) is 0.952. The Kier molecular flexibility index (Phi) is 12.5. The SMILES string of the molecule is CCNC(=NCCCOCC1CCOC1)NCCCCN1CCN(CC)CC1. The second-order valence-corrected chi connectivity index (χ2v) is 7.83. The number of guanidine groups is 1. The van der Waals surface area contributed by atoms with Gasteiger partial charge in [0.25, 0.3) is 0 Å². The fourth-order valence-electron chi connectivity index (χ4n) is 3.66. The van der Waals surface area contributed by atoms with Crippen LogP contribution in [0.2, 0.25) is 0 Å². The van der Waals surface area contributed by atoms with Crippen LogP contribution in [0.1, 0.15) is 39.5 Å². The molecule has 0 amide bonds. The van der Waals surface area contributed by atoms with Gasteiger partial charge in [-0.05, 0) is 45.7 Å². The van der Waals surface area contributed by atoms with Crippen LogP contribution in [0.25, 0.3) is 0 Å². The normalized spacial score (nSPS) is 21.9. The smallest absolute Gasteiger partial charge is 0.191 e. The third-order valence-electron chi connectivity index (χ3n) is 5.54. The Bertz CT molecular complexity index is 408. The molecule has 7 nitrogen and oxygen atoms in total. The van der Waals surface area contributed by atoms with Gasteiger partial charge < -0.3 is 29.9 Å². The van der Waals surface area contributed by atoms with E-state index in [-0.39, 0.29) is 0 Å². The third kappa shape index (κ3) is 10.0. The Morgan fingerprint density at radius 1 is 1.07 bits per heavy atom. The Morgan fingerprint density at radius 3 is 2.61 bits per heavy atom. The summed E-state index contributed by atoms with van der Waals surface area (Å²) in [4.78, 5) is 9.80. The average molecular weight is 398 g/mol. The van der Waals surface area contributed by atoms with E-state index in [0.29, 0.717) is 5.92 Å². The zero-order valence-electron chi connectivity index (χ0n) is 18.3. The Balaban J connectivity index is 1.47. The molecule has 2 aliphatic heterocycles. The maximum absolute atomic E-state index is 5.75. The van der Waals surface area contributed by atoms with E-state index in [1.54, 1.807) is 0 Å². The van der Waals surface area contributed by atoms with E-state index < -0.39 is 0 Å². The van der Waals surface area contributed by atoms with Gasteiger partial charge in [0.05, 0.1) is 13.2 Å². The van der Waals surface area contributed by atoms with Gasteiger partial charge in [-0.3, -0.25) is 4.99 Å². The van der Waals surface area contributed by atoms with Crippen LogP contribution in [-0.2, 0) is 9.47 Å². The number of aliphatic imine (C=N–C) groups is 1. The van der Waals surface area contributed by atoms with E-state index in [0.717, 1.165) is 64.9 Å². The van der Waals surface area contributed by atoms with Gasteiger partial charge in [0.15, 0.2) is 5.96 Å². The summed E-state index contributed by atoms with van der Waals surface area (Å²) >= 11 is 0. The molecule has 0 bridgehead atoms. The van der Waals surface area contributed by atoms with E-state index in [1.165, 1.54) is 52.1 Å². The number of nitrogens with zero attached hydrogens (tertiary/aromatic N) is 3. The van der Waals surface area contributed by atoms with E-state index in [1.807, 2.05) is 0 Å². The van der Waals surface area contributed by atoms with E-state index in [4.69, 9.17) is 9.47 Å². The number of ether oxygens (including phenoxy) is 2. The molecule has 0 radical (unpaired) electrons. The maximum atomic E-state index is 5.75. The lowest BCUT2D eigenvalue weighted by Gasteiger charge is -2.34. The van der Waals surface area contributed by atoms with Gasteiger partial charge in [-0.1, -0.05) is 6.92 Å². The van der Waals surface area contributed by atoms with Crippen LogP contribution in [0.15, 0.2) is 4.99 Å². The van der Waals surface area contributed by atoms with Crippen LogP contribution in [0.3, 0.4) is 0 Å². The van der Waals surface area contributed by atoms with Crippen LogP contribution in [0, 0.1) is 5.92 Å². The summed E-state index contributed by atoms with van der Waals surface area (Å²) in [5.74, 6) is 1.53. The first kappa shape index (κ1) is 23.4. The molecule has 2 heterocycles. The van der Waals surface area contributed by atoms with Gasteiger partial charge in [-0.15, -0.1) is 0 Å². The summed E-state index contributed by atoms with van der Waals surface area (Å²) in [6.07, 6.45) is 4.54. The standard InChI is InChI=1S/C21H43N5O2/c1-3-22-21(24-10-7-16-27-18-20-8-17-28-19-20)23-9-5-6-11-26-14-12-25(4-2)13-15-26/h20H,3-19H2,1-2H3,(H2,22,23,24). The predicted molar refractivity (Wildman–Crippen MR) is 116 cm³/mol. The van der Waals surface area contributed by atoms with E-state index in [2.05, 4.69) is 39.3 Å². The van der Waals surface area contributed by atoms with Crippen molar-refractivity contribution in [2.24, 2.45) is 10.9 Å². The number of hydrogen-bond donors (Lipinski definition) is 2. The third-order valence-corrected chi connectivity index (χ3v) is 5.54. The summed E-state index contributed by atoms with van der Waals surface area (Å²) in [6.45, 7) is 17.7. The van der Waals surface area contributed by atoms with Crippen molar-refractivity contribution in [2.75, 3.05) is 85.3 Å². The Labute approximate surface area is 172 Å². The Hall–Kier alpha value is -0.890. The first-order valence-corrected chi connectivity index (χ1v) is 11.4. The number of nitrogens with one attached hydrogen (secondary N) is 2. The van der Waals surface area contributed by atoms with Crippen LogP contribution >= 0.6 is 0 Å². The number of rotatable bonds is 13. The minimum absolute atomic E-state index is 0.595. The van der Waals surface area contributed by atoms with Gasteiger partial charge in [0.2, 0.25) is 0 Å². The summed E-state index contributed by atoms with van der Waals surface area (Å²) in [7, 11) is 0. The summed E-state index contributed by atoms with van der Waals surface area (Å²) in [6, 6.07) is 0. The minimum Gasteiger partial charge on any atom is -0.381 e. The van der Waals surface area contributed by atoms with Crippen molar-refractivity contribution in [3.8, 4) is 0 Å². The zero-order valence-corrected chi connectivity index (χ0v) is 18.3. The van der Waals surface area contributed by atoms with Crippen molar-refractivity contribution in [2.45, 2.75) is 39.5 Å². The van der Waals surface area contributed by atoms with Crippen molar-refractivity contribution < 1.29 is 9.47 Å². The van der Waals surface area contributed by atoms with Gasteiger partial charge in [0, 0.05) is 64.9 Å². The first-order valence-electron chi connectivity index (χ1n) is 11.4.